The topological polar surface area (TPSA) is 85.7 Å². The molecule has 5 rings (SSSR count). The maximum atomic E-state index is 13.6. The molecule has 196 valence electrons. The molecule has 38 heavy (non-hydrogen) atoms. The Hall–Kier alpha value is -3.75. The van der Waals surface area contributed by atoms with Crippen LogP contribution in [0.15, 0.2) is 83.8 Å². The Morgan fingerprint density at radius 1 is 0.842 bits per heavy atom. The summed E-state index contributed by atoms with van der Waals surface area (Å²) in [5.74, 6) is -1.19. The predicted molar refractivity (Wildman–Crippen MR) is 147 cm³/mol. The van der Waals surface area contributed by atoms with E-state index in [1.54, 1.807) is 12.1 Å². The Kier molecular flexibility index (Phi) is 7.44. The zero-order valence-corrected chi connectivity index (χ0v) is 22.1. The summed E-state index contributed by atoms with van der Waals surface area (Å²) in [5.41, 5.74) is 2.99. The molecule has 0 N–H and O–H groups in total. The first-order valence-electron chi connectivity index (χ1n) is 12.9. The zero-order valence-electron chi connectivity index (χ0n) is 21.3. The van der Waals surface area contributed by atoms with Crippen LogP contribution < -0.4 is 0 Å². The molecule has 0 unspecified atom stereocenters. The average molecular weight is 531 g/mol. The van der Waals surface area contributed by atoms with E-state index in [1.807, 2.05) is 61.5 Å². The van der Waals surface area contributed by atoms with Gasteiger partial charge in [-0.2, -0.15) is 4.31 Å². The number of Topliss-reactive ketones (excluding diaryl/α,β-unsaturated/α-hetero) is 1. The Morgan fingerprint density at radius 3 is 2.24 bits per heavy atom. The number of ketones is 1. The van der Waals surface area contributed by atoms with Crippen molar-refractivity contribution in [2.75, 3.05) is 19.7 Å². The summed E-state index contributed by atoms with van der Waals surface area (Å²) in [6.07, 6.45) is 2.56. The van der Waals surface area contributed by atoms with Crippen molar-refractivity contribution >= 4 is 32.7 Å². The first-order chi connectivity index (χ1) is 18.4. The molecule has 1 aromatic heterocycles. The highest BCUT2D eigenvalue weighted by molar-refractivity contribution is 7.89. The molecular formula is C30H30N2O5S. The van der Waals surface area contributed by atoms with Gasteiger partial charge < -0.3 is 9.30 Å². The zero-order chi connectivity index (χ0) is 26.7. The Morgan fingerprint density at radius 2 is 1.50 bits per heavy atom. The Bertz CT molecular complexity index is 1590. The van der Waals surface area contributed by atoms with E-state index in [9.17, 15) is 18.0 Å². The number of fused-ring (bicyclic) bond motifs is 1. The third-order valence-electron chi connectivity index (χ3n) is 6.99. The lowest BCUT2D eigenvalue weighted by Gasteiger charge is -2.26. The number of carbonyl (C=O) groups is 2. The van der Waals surface area contributed by atoms with Gasteiger partial charge in [0.1, 0.15) is 0 Å². The second kappa shape index (κ2) is 10.9. The molecule has 8 heteroatoms. The normalized spacial score (nSPS) is 14.4. The van der Waals surface area contributed by atoms with E-state index >= 15 is 0 Å². The molecule has 4 aromatic rings. The highest BCUT2D eigenvalue weighted by Crippen LogP contribution is 2.34. The van der Waals surface area contributed by atoms with Crippen molar-refractivity contribution in [3.63, 3.8) is 0 Å². The van der Waals surface area contributed by atoms with Crippen molar-refractivity contribution in [2.24, 2.45) is 0 Å². The second-order valence-electron chi connectivity index (χ2n) is 9.31. The number of piperidine rings is 1. The standard InChI is InChI=1S/C30H30N2O5S/c1-2-32-25-17-9-7-15-23(25)28(29(32)22-13-5-3-6-14-22)26(33)21-37-30(34)24-16-8-10-18-27(24)38(35,36)31-19-11-4-12-20-31/h3,5-10,13-18H,2,4,11-12,19-21H2,1H3. The van der Waals surface area contributed by atoms with Gasteiger partial charge in [-0.3, -0.25) is 4.79 Å². The van der Waals surface area contributed by atoms with Gasteiger partial charge in [0.05, 0.1) is 21.7 Å². The third kappa shape index (κ3) is 4.77. The van der Waals surface area contributed by atoms with Gasteiger partial charge in [-0.05, 0) is 43.5 Å². The van der Waals surface area contributed by atoms with E-state index in [2.05, 4.69) is 4.57 Å². The molecule has 1 aliphatic heterocycles. The van der Waals surface area contributed by atoms with Gasteiger partial charge in [0, 0.05) is 30.5 Å². The minimum absolute atomic E-state index is 0.0647. The quantitative estimate of drug-likeness (QED) is 0.220. The molecule has 7 nitrogen and oxygen atoms in total. The van der Waals surface area contributed by atoms with Crippen LogP contribution in [0.3, 0.4) is 0 Å². The summed E-state index contributed by atoms with van der Waals surface area (Å²) < 4.78 is 35.6. The minimum Gasteiger partial charge on any atom is -0.454 e. The van der Waals surface area contributed by atoms with E-state index in [0.29, 0.717) is 25.2 Å². The van der Waals surface area contributed by atoms with Crippen LogP contribution in [0.2, 0.25) is 0 Å². The fourth-order valence-electron chi connectivity index (χ4n) is 5.20. The molecule has 0 saturated carbocycles. The van der Waals surface area contributed by atoms with Gasteiger partial charge in [0.15, 0.2) is 6.61 Å². The van der Waals surface area contributed by atoms with E-state index in [1.165, 1.54) is 16.4 Å². The number of hydrogen-bond donors (Lipinski definition) is 0. The highest BCUT2D eigenvalue weighted by atomic mass is 32.2. The van der Waals surface area contributed by atoms with Crippen LogP contribution >= 0.6 is 0 Å². The molecule has 0 spiro atoms. The van der Waals surface area contributed by atoms with Crippen molar-refractivity contribution in [2.45, 2.75) is 37.6 Å². The number of para-hydroxylation sites is 1. The SMILES string of the molecule is CCn1c(-c2ccccc2)c(C(=O)COC(=O)c2ccccc2S(=O)(=O)N2CCCCC2)c2ccccc21. The highest BCUT2D eigenvalue weighted by Gasteiger charge is 2.31. The number of sulfonamides is 1. The Balaban J connectivity index is 1.46. The van der Waals surface area contributed by atoms with Gasteiger partial charge in [-0.15, -0.1) is 0 Å². The molecule has 0 radical (unpaired) electrons. The lowest BCUT2D eigenvalue weighted by molar-refractivity contribution is 0.0471. The van der Waals surface area contributed by atoms with Gasteiger partial charge in [-0.25, -0.2) is 13.2 Å². The summed E-state index contributed by atoms with van der Waals surface area (Å²) >= 11 is 0. The van der Waals surface area contributed by atoms with Crippen molar-refractivity contribution in [3.8, 4) is 11.3 Å². The van der Waals surface area contributed by atoms with Crippen LogP contribution in [-0.2, 0) is 21.3 Å². The Labute approximate surface area is 222 Å². The van der Waals surface area contributed by atoms with Crippen molar-refractivity contribution in [3.05, 3.63) is 90.0 Å². The molecular weight excluding hydrogens is 500 g/mol. The molecule has 1 aliphatic rings. The molecule has 0 amide bonds. The van der Waals surface area contributed by atoms with Crippen LogP contribution in [0, 0.1) is 0 Å². The predicted octanol–water partition coefficient (Wildman–Crippen LogP) is 5.54. The first kappa shape index (κ1) is 25.9. The number of carbonyl (C=O) groups excluding carboxylic acids is 2. The van der Waals surface area contributed by atoms with Crippen molar-refractivity contribution in [1.29, 1.82) is 0 Å². The van der Waals surface area contributed by atoms with Crippen LogP contribution in [0.1, 0.15) is 46.9 Å². The first-order valence-corrected chi connectivity index (χ1v) is 14.3. The van der Waals surface area contributed by atoms with E-state index in [-0.39, 0.29) is 16.2 Å². The van der Waals surface area contributed by atoms with Crippen LogP contribution in [0.4, 0.5) is 0 Å². The monoisotopic (exact) mass is 530 g/mol. The molecule has 3 aromatic carbocycles. The fraction of sp³-hybridized carbons (Fsp3) is 0.267. The summed E-state index contributed by atoms with van der Waals surface area (Å²) in [7, 11) is -3.86. The van der Waals surface area contributed by atoms with Gasteiger partial charge >= 0.3 is 5.97 Å². The minimum atomic E-state index is -3.86. The molecule has 1 fully saturated rings. The smallest absolute Gasteiger partial charge is 0.339 e. The van der Waals surface area contributed by atoms with E-state index < -0.39 is 22.6 Å². The molecule has 2 heterocycles. The number of aromatic nitrogens is 1. The molecule has 0 atom stereocenters. The van der Waals surface area contributed by atoms with E-state index in [0.717, 1.165) is 41.4 Å². The van der Waals surface area contributed by atoms with Crippen LogP contribution in [0.5, 0.6) is 0 Å². The maximum absolute atomic E-state index is 13.6. The summed E-state index contributed by atoms with van der Waals surface area (Å²) in [4.78, 5) is 26.7. The maximum Gasteiger partial charge on any atom is 0.339 e. The second-order valence-corrected chi connectivity index (χ2v) is 11.2. The number of hydrogen-bond acceptors (Lipinski definition) is 5. The van der Waals surface area contributed by atoms with Crippen molar-refractivity contribution in [1.82, 2.24) is 8.87 Å². The fourth-order valence-corrected chi connectivity index (χ4v) is 6.89. The van der Waals surface area contributed by atoms with Gasteiger partial charge in [-0.1, -0.05) is 67.1 Å². The largest absolute Gasteiger partial charge is 0.454 e. The third-order valence-corrected chi connectivity index (χ3v) is 8.94. The van der Waals surface area contributed by atoms with Gasteiger partial charge in [0.25, 0.3) is 0 Å². The summed E-state index contributed by atoms with van der Waals surface area (Å²) in [5, 5.41) is 0.780. The summed E-state index contributed by atoms with van der Waals surface area (Å²) in [6, 6.07) is 23.4. The molecule has 0 bridgehead atoms. The number of benzene rings is 3. The number of rotatable bonds is 8. The van der Waals surface area contributed by atoms with Crippen LogP contribution in [-0.4, -0.2) is 48.7 Å². The number of nitrogens with zero attached hydrogens (tertiary/aromatic N) is 2. The molecule has 1 saturated heterocycles. The average Bonchev–Trinajstić information content (AvgIpc) is 3.31. The number of esters is 1. The van der Waals surface area contributed by atoms with Crippen molar-refractivity contribution < 1.29 is 22.7 Å². The van der Waals surface area contributed by atoms with Gasteiger partial charge in [0.2, 0.25) is 15.8 Å². The lowest BCUT2D eigenvalue weighted by atomic mass is 10.0. The lowest BCUT2D eigenvalue weighted by Crippen LogP contribution is -2.36. The summed E-state index contributed by atoms with van der Waals surface area (Å²) in [6.45, 7) is 3.02. The van der Waals surface area contributed by atoms with E-state index in [4.69, 9.17) is 4.74 Å². The number of aryl methyl sites for hydroxylation is 1. The van der Waals surface area contributed by atoms with Crippen LogP contribution in [0.25, 0.3) is 22.2 Å². The molecule has 0 aliphatic carbocycles. The number of ether oxygens (including phenoxy) is 1.